The van der Waals surface area contributed by atoms with Crippen molar-refractivity contribution in [3.8, 4) is 11.5 Å². The molecule has 1 atom stereocenters. The van der Waals surface area contributed by atoms with Crippen LogP contribution in [0.5, 0.6) is 0 Å². The van der Waals surface area contributed by atoms with Crippen molar-refractivity contribution in [2.24, 2.45) is 0 Å². The van der Waals surface area contributed by atoms with E-state index in [9.17, 15) is 4.79 Å². The minimum atomic E-state index is -0.211. The van der Waals surface area contributed by atoms with Crippen molar-refractivity contribution in [2.75, 3.05) is 6.54 Å². The molecule has 3 aromatic rings. The summed E-state index contributed by atoms with van der Waals surface area (Å²) in [7, 11) is 0. The fourth-order valence-electron chi connectivity index (χ4n) is 3.47. The summed E-state index contributed by atoms with van der Waals surface area (Å²) in [6.07, 6.45) is 5.73. The van der Waals surface area contributed by atoms with Gasteiger partial charge in [-0.3, -0.25) is 9.48 Å². The van der Waals surface area contributed by atoms with Crippen LogP contribution < -0.4 is 0 Å². The van der Waals surface area contributed by atoms with Crippen LogP contribution in [0.1, 0.15) is 55.0 Å². The zero-order valence-corrected chi connectivity index (χ0v) is 15.4. The number of aromatic nitrogens is 4. The maximum Gasteiger partial charge on any atom is 0.275 e. The second-order valence-corrected chi connectivity index (χ2v) is 6.73. The number of amides is 1. The first-order valence-corrected chi connectivity index (χ1v) is 9.49. The molecule has 1 saturated heterocycles. The van der Waals surface area contributed by atoms with Crippen molar-refractivity contribution in [3.63, 3.8) is 0 Å². The quantitative estimate of drug-likeness (QED) is 0.704. The molecule has 0 bridgehead atoms. The lowest BCUT2D eigenvalue weighted by molar-refractivity contribution is 0.0645. The molecule has 0 N–H and O–H groups in total. The first-order chi connectivity index (χ1) is 13.3. The molecular formula is C20H23N5O2. The van der Waals surface area contributed by atoms with Crippen LogP contribution in [0.15, 0.2) is 47.0 Å². The van der Waals surface area contributed by atoms with Gasteiger partial charge < -0.3 is 9.32 Å². The SMILES string of the molecule is CCn1ccc(C(=O)N2CCCCCC2c2nnc(-c3ccccc3)o2)n1. The number of likely N-dealkylation sites (tertiary alicyclic amines) is 1. The van der Waals surface area contributed by atoms with Crippen LogP contribution in [0.25, 0.3) is 11.5 Å². The number of hydrogen-bond donors (Lipinski definition) is 0. The minimum absolute atomic E-state index is 0.0754. The molecular weight excluding hydrogens is 342 g/mol. The molecule has 27 heavy (non-hydrogen) atoms. The topological polar surface area (TPSA) is 77.0 Å². The summed E-state index contributed by atoms with van der Waals surface area (Å²) < 4.78 is 7.73. The lowest BCUT2D eigenvalue weighted by atomic mass is 10.1. The smallest absolute Gasteiger partial charge is 0.275 e. The Bertz CT molecular complexity index is 902. The van der Waals surface area contributed by atoms with Crippen molar-refractivity contribution in [1.82, 2.24) is 24.9 Å². The van der Waals surface area contributed by atoms with E-state index in [0.717, 1.165) is 37.8 Å². The highest BCUT2D eigenvalue weighted by Crippen LogP contribution is 2.32. The van der Waals surface area contributed by atoms with E-state index in [4.69, 9.17) is 4.42 Å². The number of aryl methyl sites for hydroxylation is 1. The Kier molecular flexibility index (Phi) is 5.00. The number of carbonyl (C=O) groups excluding carboxylic acids is 1. The van der Waals surface area contributed by atoms with Gasteiger partial charge in [-0.1, -0.05) is 31.0 Å². The van der Waals surface area contributed by atoms with Crippen LogP contribution in [-0.2, 0) is 6.54 Å². The number of hydrogen-bond acceptors (Lipinski definition) is 5. The maximum atomic E-state index is 13.1. The van der Waals surface area contributed by atoms with Gasteiger partial charge in [0.25, 0.3) is 5.91 Å². The highest BCUT2D eigenvalue weighted by Gasteiger charge is 2.32. The van der Waals surface area contributed by atoms with Crippen molar-refractivity contribution < 1.29 is 9.21 Å². The predicted molar refractivity (Wildman–Crippen MR) is 99.9 cm³/mol. The van der Waals surface area contributed by atoms with Gasteiger partial charge in [-0.25, -0.2) is 0 Å². The molecule has 2 aromatic heterocycles. The molecule has 1 unspecified atom stereocenters. The van der Waals surface area contributed by atoms with Gasteiger partial charge in [0.2, 0.25) is 11.8 Å². The molecule has 1 aliphatic rings. The fraction of sp³-hybridized carbons (Fsp3) is 0.400. The van der Waals surface area contributed by atoms with Gasteiger partial charge in [-0.15, -0.1) is 10.2 Å². The summed E-state index contributed by atoms with van der Waals surface area (Å²) >= 11 is 0. The van der Waals surface area contributed by atoms with Gasteiger partial charge in [0.1, 0.15) is 11.7 Å². The summed E-state index contributed by atoms with van der Waals surface area (Å²) in [4.78, 5) is 14.9. The van der Waals surface area contributed by atoms with E-state index in [-0.39, 0.29) is 11.9 Å². The zero-order chi connectivity index (χ0) is 18.6. The van der Waals surface area contributed by atoms with Crippen LogP contribution in [0.4, 0.5) is 0 Å². The molecule has 0 saturated carbocycles. The molecule has 140 valence electrons. The van der Waals surface area contributed by atoms with E-state index in [2.05, 4.69) is 15.3 Å². The largest absolute Gasteiger partial charge is 0.418 e. The maximum absolute atomic E-state index is 13.1. The average Bonchev–Trinajstić information content (AvgIpc) is 3.33. The highest BCUT2D eigenvalue weighted by molar-refractivity contribution is 5.92. The van der Waals surface area contributed by atoms with Crippen LogP contribution in [-0.4, -0.2) is 37.3 Å². The molecule has 1 fully saturated rings. The van der Waals surface area contributed by atoms with E-state index < -0.39 is 0 Å². The standard InChI is InChI=1S/C20H23N5O2/c1-2-24-14-12-16(23-24)20(26)25-13-8-4-7-11-17(25)19-22-21-18(27-19)15-9-5-3-6-10-15/h3,5-6,9-10,12,14,17H,2,4,7-8,11,13H2,1H3. The van der Waals surface area contributed by atoms with Crippen molar-refractivity contribution in [1.29, 1.82) is 0 Å². The first kappa shape index (κ1) is 17.5. The van der Waals surface area contributed by atoms with Gasteiger partial charge in [0.05, 0.1) is 0 Å². The van der Waals surface area contributed by atoms with Crippen molar-refractivity contribution in [2.45, 2.75) is 45.2 Å². The van der Waals surface area contributed by atoms with Crippen molar-refractivity contribution in [3.05, 3.63) is 54.2 Å². The predicted octanol–water partition coefficient (Wildman–Crippen LogP) is 3.71. The van der Waals surface area contributed by atoms with Crippen LogP contribution in [0.3, 0.4) is 0 Å². The molecule has 7 heteroatoms. The van der Waals surface area contributed by atoms with Gasteiger partial charge in [0.15, 0.2) is 0 Å². The molecule has 7 nitrogen and oxygen atoms in total. The molecule has 1 aromatic carbocycles. The third-order valence-electron chi connectivity index (χ3n) is 4.94. The normalized spacial score (nSPS) is 17.7. The third kappa shape index (κ3) is 3.63. The Morgan fingerprint density at radius 2 is 2.00 bits per heavy atom. The number of benzene rings is 1. The van der Waals surface area contributed by atoms with E-state index in [0.29, 0.717) is 24.0 Å². The fourth-order valence-corrected chi connectivity index (χ4v) is 3.47. The Morgan fingerprint density at radius 1 is 1.15 bits per heavy atom. The Balaban J connectivity index is 1.62. The number of rotatable bonds is 4. The molecule has 4 rings (SSSR count). The Morgan fingerprint density at radius 3 is 2.78 bits per heavy atom. The number of carbonyl (C=O) groups is 1. The summed E-state index contributed by atoms with van der Waals surface area (Å²) in [5.41, 5.74) is 1.34. The van der Waals surface area contributed by atoms with E-state index in [1.807, 2.05) is 48.4 Å². The average molecular weight is 365 g/mol. The van der Waals surface area contributed by atoms with E-state index in [1.165, 1.54) is 0 Å². The van der Waals surface area contributed by atoms with Gasteiger partial charge in [-0.2, -0.15) is 5.10 Å². The zero-order valence-electron chi connectivity index (χ0n) is 15.4. The second kappa shape index (κ2) is 7.73. The van der Waals surface area contributed by atoms with Crippen LogP contribution in [0.2, 0.25) is 0 Å². The highest BCUT2D eigenvalue weighted by atomic mass is 16.4. The lowest BCUT2D eigenvalue weighted by Crippen LogP contribution is -2.35. The van der Waals surface area contributed by atoms with Crippen LogP contribution >= 0.6 is 0 Å². The summed E-state index contributed by atoms with van der Waals surface area (Å²) in [5.74, 6) is 0.907. The monoisotopic (exact) mass is 365 g/mol. The van der Waals surface area contributed by atoms with Gasteiger partial charge in [-0.05, 0) is 38.0 Å². The molecule has 0 aliphatic carbocycles. The minimum Gasteiger partial charge on any atom is -0.418 e. The molecule has 0 spiro atoms. The molecule has 0 radical (unpaired) electrons. The van der Waals surface area contributed by atoms with Gasteiger partial charge >= 0.3 is 0 Å². The molecule has 1 amide bonds. The Labute approximate surface area is 158 Å². The summed E-state index contributed by atoms with van der Waals surface area (Å²) in [5, 5.41) is 12.8. The molecule has 3 heterocycles. The number of nitrogens with zero attached hydrogens (tertiary/aromatic N) is 5. The third-order valence-corrected chi connectivity index (χ3v) is 4.94. The van der Waals surface area contributed by atoms with Crippen LogP contribution in [0, 0.1) is 0 Å². The molecule has 1 aliphatic heterocycles. The Hall–Kier alpha value is -2.96. The first-order valence-electron chi connectivity index (χ1n) is 9.49. The summed E-state index contributed by atoms with van der Waals surface area (Å²) in [6, 6.07) is 11.3. The lowest BCUT2D eigenvalue weighted by Gasteiger charge is -2.26. The van der Waals surface area contributed by atoms with E-state index >= 15 is 0 Å². The summed E-state index contributed by atoms with van der Waals surface area (Å²) in [6.45, 7) is 3.41. The second-order valence-electron chi connectivity index (χ2n) is 6.73. The van der Waals surface area contributed by atoms with Crippen molar-refractivity contribution >= 4 is 5.91 Å². The van der Waals surface area contributed by atoms with E-state index in [1.54, 1.807) is 10.7 Å². The van der Waals surface area contributed by atoms with Gasteiger partial charge in [0, 0.05) is 24.8 Å².